The summed E-state index contributed by atoms with van der Waals surface area (Å²) in [4.78, 5) is 15.8. The topological polar surface area (TPSA) is 54.7 Å². The van der Waals surface area contributed by atoms with E-state index < -0.39 is 0 Å². The molecule has 0 N–H and O–H groups in total. The van der Waals surface area contributed by atoms with Crippen molar-refractivity contribution in [2.24, 2.45) is 10.2 Å². The van der Waals surface area contributed by atoms with E-state index in [4.69, 9.17) is 0 Å². The molecule has 17 heavy (non-hydrogen) atoms. The number of nitrogens with zero attached hydrogens (tertiary/aromatic N) is 3. The van der Waals surface area contributed by atoms with Gasteiger partial charge >= 0.3 is 0 Å². The van der Waals surface area contributed by atoms with E-state index in [1.807, 2.05) is 30.3 Å². The maximum absolute atomic E-state index is 11.6. The van der Waals surface area contributed by atoms with Crippen LogP contribution in [-0.4, -0.2) is 10.9 Å². The van der Waals surface area contributed by atoms with Crippen molar-refractivity contribution >= 4 is 11.6 Å². The highest BCUT2D eigenvalue weighted by molar-refractivity contribution is 6.02. The number of carbonyl (C=O) groups excluding carboxylic acids is 1. The van der Waals surface area contributed by atoms with Crippen molar-refractivity contribution in [1.29, 1.82) is 0 Å². The summed E-state index contributed by atoms with van der Waals surface area (Å²) in [5, 5.41) is 7.37. The molecule has 1 aromatic heterocycles. The molecule has 82 valence electrons. The van der Waals surface area contributed by atoms with Crippen LogP contribution in [0.1, 0.15) is 21.6 Å². The zero-order valence-corrected chi connectivity index (χ0v) is 9.00. The van der Waals surface area contributed by atoms with Gasteiger partial charge in [-0.3, -0.25) is 9.78 Å². The fourth-order valence-corrected chi connectivity index (χ4v) is 1.88. The molecule has 0 unspecified atom stereocenters. The Hall–Kier alpha value is -2.36. The minimum atomic E-state index is -0.293. The van der Waals surface area contributed by atoms with Crippen LogP contribution in [0.5, 0.6) is 0 Å². The number of azo groups is 1. The Morgan fingerprint density at radius 2 is 1.82 bits per heavy atom. The van der Waals surface area contributed by atoms with Gasteiger partial charge in [0.2, 0.25) is 0 Å². The molecule has 4 nitrogen and oxygen atoms in total. The molecule has 0 fully saturated rings. The third kappa shape index (κ3) is 1.73. The second kappa shape index (κ2) is 3.90. The van der Waals surface area contributed by atoms with E-state index in [-0.39, 0.29) is 5.91 Å². The first-order chi connectivity index (χ1) is 8.34. The van der Waals surface area contributed by atoms with E-state index in [0.29, 0.717) is 17.7 Å². The van der Waals surface area contributed by atoms with Crippen molar-refractivity contribution in [3.05, 3.63) is 59.4 Å². The fourth-order valence-electron chi connectivity index (χ4n) is 1.88. The van der Waals surface area contributed by atoms with E-state index in [1.165, 1.54) is 0 Å². The van der Waals surface area contributed by atoms with Gasteiger partial charge in [-0.15, -0.1) is 10.2 Å². The van der Waals surface area contributed by atoms with Crippen LogP contribution in [0.2, 0.25) is 0 Å². The summed E-state index contributed by atoms with van der Waals surface area (Å²) in [5.41, 5.74) is 3.02. The molecular formula is C13H9N3O. The van der Waals surface area contributed by atoms with Crippen molar-refractivity contribution in [3.63, 3.8) is 0 Å². The molecule has 1 aliphatic rings. The molecule has 3 rings (SSSR count). The van der Waals surface area contributed by atoms with Crippen molar-refractivity contribution < 1.29 is 4.79 Å². The molecule has 2 heterocycles. The summed E-state index contributed by atoms with van der Waals surface area (Å²) < 4.78 is 0. The zero-order chi connectivity index (χ0) is 11.7. The van der Waals surface area contributed by atoms with Crippen LogP contribution in [-0.2, 0) is 6.42 Å². The Balaban J connectivity index is 2.01. The van der Waals surface area contributed by atoms with Crippen LogP contribution in [0.4, 0.5) is 5.69 Å². The Morgan fingerprint density at radius 1 is 1.00 bits per heavy atom. The van der Waals surface area contributed by atoms with Crippen molar-refractivity contribution in [1.82, 2.24) is 4.98 Å². The molecular weight excluding hydrogens is 214 g/mol. The van der Waals surface area contributed by atoms with Gasteiger partial charge in [0, 0.05) is 12.6 Å². The number of hydrogen-bond donors (Lipinski definition) is 0. The fraction of sp³-hybridized carbons (Fsp3) is 0.0769. The Bertz CT molecular complexity index is 605. The highest BCUT2D eigenvalue weighted by atomic mass is 16.2. The maximum atomic E-state index is 11.6. The molecule has 0 atom stereocenters. The van der Waals surface area contributed by atoms with Gasteiger partial charge in [0.05, 0.1) is 11.3 Å². The van der Waals surface area contributed by atoms with Crippen molar-refractivity contribution in [3.8, 4) is 0 Å². The Morgan fingerprint density at radius 3 is 2.65 bits per heavy atom. The molecule has 4 heteroatoms. The van der Waals surface area contributed by atoms with Gasteiger partial charge in [0.1, 0.15) is 5.69 Å². The lowest BCUT2D eigenvalue weighted by Crippen LogP contribution is -2.01. The molecule has 2 aromatic rings. The molecule has 1 amide bonds. The molecule has 0 bridgehead atoms. The van der Waals surface area contributed by atoms with E-state index in [9.17, 15) is 4.79 Å². The molecule has 1 aliphatic heterocycles. The Labute approximate surface area is 98.0 Å². The van der Waals surface area contributed by atoms with Gasteiger partial charge in [0.25, 0.3) is 5.91 Å². The number of hydrogen-bond acceptors (Lipinski definition) is 3. The van der Waals surface area contributed by atoms with Crippen LogP contribution in [0.25, 0.3) is 0 Å². The monoisotopic (exact) mass is 223 g/mol. The predicted molar refractivity (Wildman–Crippen MR) is 62.3 cm³/mol. The van der Waals surface area contributed by atoms with Crippen molar-refractivity contribution in [2.75, 3.05) is 0 Å². The minimum absolute atomic E-state index is 0.293. The van der Waals surface area contributed by atoms with E-state index in [0.717, 1.165) is 11.3 Å². The molecule has 0 radical (unpaired) electrons. The first kappa shape index (κ1) is 9.84. The molecule has 0 saturated heterocycles. The summed E-state index contributed by atoms with van der Waals surface area (Å²) in [6, 6.07) is 11.6. The third-order valence-corrected chi connectivity index (χ3v) is 2.68. The average molecular weight is 223 g/mol. The van der Waals surface area contributed by atoms with E-state index in [2.05, 4.69) is 15.2 Å². The summed E-state index contributed by atoms with van der Waals surface area (Å²) >= 11 is 0. The van der Waals surface area contributed by atoms with Gasteiger partial charge < -0.3 is 0 Å². The highest BCUT2D eigenvalue weighted by Crippen LogP contribution is 2.29. The number of rotatable bonds is 2. The maximum Gasteiger partial charge on any atom is 0.299 e. The predicted octanol–water partition coefficient (Wildman–Crippen LogP) is 2.91. The van der Waals surface area contributed by atoms with Crippen molar-refractivity contribution in [2.45, 2.75) is 6.42 Å². The summed E-state index contributed by atoms with van der Waals surface area (Å²) in [5.74, 6) is -0.293. The summed E-state index contributed by atoms with van der Waals surface area (Å²) in [6.07, 6.45) is 2.29. The van der Waals surface area contributed by atoms with E-state index in [1.54, 1.807) is 12.3 Å². The number of amides is 1. The van der Waals surface area contributed by atoms with Gasteiger partial charge in [0.15, 0.2) is 0 Å². The van der Waals surface area contributed by atoms with Crippen LogP contribution in [0.3, 0.4) is 0 Å². The van der Waals surface area contributed by atoms with Gasteiger partial charge in [-0.05, 0) is 11.6 Å². The number of carbonyl (C=O) groups is 1. The molecule has 0 aliphatic carbocycles. The third-order valence-electron chi connectivity index (χ3n) is 2.68. The standard InChI is InChI=1S/C13H9N3O/c17-13-12-10(15-16-13)6-7-14-11(12)8-9-4-2-1-3-5-9/h1-7H,8H2. The second-order valence-electron chi connectivity index (χ2n) is 3.82. The second-order valence-corrected chi connectivity index (χ2v) is 3.82. The van der Waals surface area contributed by atoms with E-state index >= 15 is 0 Å². The van der Waals surface area contributed by atoms with Gasteiger partial charge in [-0.2, -0.15) is 0 Å². The largest absolute Gasteiger partial charge is 0.299 e. The van der Waals surface area contributed by atoms with Gasteiger partial charge in [-0.25, -0.2) is 0 Å². The number of benzene rings is 1. The molecule has 0 saturated carbocycles. The van der Waals surface area contributed by atoms with Crippen LogP contribution in [0, 0.1) is 0 Å². The first-order valence-electron chi connectivity index (χ1n) is 5.32. The SMILES string of the molecule is O=C1N=Nc2ccnc(Cc3ccccc3)c21. The number of aromatic nitrogens is 1. The highest BCUT2D eigenvalue weighted by Gasteiger charge is 2.22. The first-order valence-corrected chi connectivity index (χ1v) is 5.32. The quantitative estimate of drug-likeness (QED) is 0.785. The average Bonchev–Trinajstić information content (AvgIpc) is 2.74. The Kier molecular flexibility index (Phi) is 2.26. The lowest BCUT2D eigenvalue weighted by atomic mass is 10.0. The summed E-state index contributed by atoms with van der Waals surface area (Å²) in [6.45, 7) is 0. The molecule has 1 aromatic carbocycles. The zero-order valence-electron chi connectivity index (χ0n) is 9.00. The van der Waals surface area contributed by atoms with Gasteiger partial charge in [-0.1, -0.05) is 30.3 Å². The molecule has 0 spiro atoms. The van der Waals surface area contributed by atoms with Crippen LogP contribution >= 0.6 is 0 Å². The lowest BCUT2D eigenvalue weighted by molar-refractivity contribution is 0.100. The smallest absolute Gasteiger partial charge is 0.265 e. The lowest BCUT2D eigenvalue weighted by Gasteiger charge is -2.04. The summed E-state index contributed by atoms with van der Waals surface area (Å²) in [7, 11) is 0. The number of fused-ring (bicyclic) bond motifs is 1. The van der Waals surface area contributed by atoms with Crippen LogP contribution < -0.4 is 0 Å². The van der Waals surface area contributed by atoms with Crippen LogP contribution in [0.15, 0.2) is 52.8 Å². The minimum Gasteiger partial charge on any atom is -0.265 e. The number of pyridine rings is 1. The normalized spacial score (nSPS) is 12.8.